The summed E-state index contributed by atoms with van der Waals surface area (Å²) in [5, 5.41) is 3.20. The Labute approximate surface area is 75.6 Å². The van der Waals surface area contributed by atoms with Crippen molar-refractivity contribution in [2.75, 3.05) is 26.7 Å². The minimum absolute atomic E-state index is 0.686. The van der Waals surface area contributed by atoms with Crippen LogP contribution in [0.2, 0.25) is 0 Å². The second-order valence-corrected chi connectivity index (χ2v) is 3.75. The lowest BCUT2D eigenvalue weighted by atomic mass is 10.1. The summed E-state index contributed by atoms with van der Waals surface area (Å²) in [5.41, 5.74) is 1.54. The molecular formula is C10H20N2. The van der Waals surface area contributed by atoms with E-state index < -0.39 is 0 Å². The van der Waals surface area contributed by atoms with Gasteiger partial charge >= 0.3 is 0 Å². The van der Waals surface area contributed by atoms with Gasteiger partial charge in [-0.3, -0.25) is 4.90 Å². The fourth-order valence-corrected chi connectivity index (χ4v) is 1.63. The smallest absolute Gasteiger partial charge is 0.0208 e. The van der Waals surface area contributed by atoms with E-state index in [0.29, 0.717) is 6.04 Å². The monoisotopic (exact) mass is 168 g/mol. The molecule has 0 bridgehead atoms. The van der Waals surface area contributed by atoms with E-state index in [4.69, 9.17) is 0 Å². The van der Waals surface area contributed by atoms with Crippen molar-refractivity contribution in [1.82, 2.24) is 10.2 Å². The Morgan fingerprint density at radius 1 is 1.58 bits per heavy atom. The van der Waals surface area contributed by atoms with Gasteiger partial charge in [0.2, 0.25) is 0 Å². The van der Waals surface area contributed by atoms with Gasteiger partial charge in [0.05, 0.1) is 0 Å². The minimum Gasteiger partial charge on any atom is -0.316 e. The quantitative estimate of drug-likeness (QED) is 0.638. The first-order chi connectivity index (χ1) is 5.74. The zero-order chi connectivity index (χ0) is 8.97. The van der Waals surface area contributed by atoms with Gasteiger partial charge in [-0.1, -0.05) is 6.08 Å². The van der Waals surface area contributed by atoms with Crippen LogP contribution in [0.15, 0.2) is 11.6 Å². The van der Waals surface area contributed by atoms with Crippen molar-refractivity contribution < 1.29 is 0 Å². The molecule has 1 rings (SSSR count). The third-order valence-electron chi connectivity index (χ3n) is 2.39. The van der Waals surface area contributed by atoms with Crippen LogP contribution in [0, 0.1) is 0 Å². The van der Waals surface area contributed by atoms with Gasteiger partial charge in [0, 0.05) is 25.7 Å². The van der Waals surface area contributed by atoms with E-state index in [1.807, 2.05) is 7.05 Å². The van der Waals surface area contributed by atoms with Crippen molar-refractivity contribution >= 4 is 0 Å². The molecule has 0 radical (unpaired) electrons. The van der Waals surface area contributed by atoms with Crippen LogP contribution in [-0.2, 0) is 0 Å². The van der Waals surface area contributed by atoms with Crippen LogP contribution in [0.5, 0.6) is 0 Å². The molecule has 12 heavy (non-hydrogen) atoms. The van der Waals surface area contributed by atoms with Crippen LogP contribution in [0.4, 0.5) is 0 Å². The van der Waals surface area contributed by atoms with Gasteiger partial charge in [-0.15, -0.1) is 0 Å². The molecule has 1 N–H and O–H groups in total. The van der Waals surface area contributed by atoms with E-state index in [9.17, 15) is 0 Å². The highest BCUT2D eigenvalue weighted by atomic mass is 15.1. The van der Waals surface area contributed by atoms with Gasteiger partial charge in [0.1, 0.15) is 0 Å². The van der Waals surface area contributed by atoms with Crippen LogP contribution in [-0.4, -0.2) is 37.6 Å². The van der Waals surface area contributed by atoms with E-state index in [1.165, 1.54) is 18.5 Å². The maximum absolute atomic E-state index is 3.20. The lowest BCUT2D eigenvalue weighted by Gasteiger charge is -2.30. The molecule has 70 valence electrons. The summed E-state index contributed by atoms with van der Waals surface area (Å²) in [7, 11) is 2.01. The van der Waals surface area contributed by atoms with Crippen LogP contribution >= 0.6 is 0 Å². The van der Waals surface area contributed by atoms with Crippen LogP contribution < -0.4 is 5.32 Å². The van der Waals surface area contributed by atoms with Crippen LogP contribution in [0.1, 0.15) is 20.3 Å². The Balaban J connectivity index is 2.42. The van der Waals surface area contributed by atoms with Gasteiger partial charge in [0.15, 0.2) is 0 Å². The molecule has 0 atom stereocenters. The minimum atomic E-state index is 0.686. The number of hydrogen-bond donors (Lipinski definition) is 1. The molecule has 0 amide bonds. The maximum Gasteiger partial charge on any atom is 0.0208 e. The zero-order valence-corrected chi connectivity index (χ0v) is 8.43. The molecule has 2 heteroatoms. The predicted octanol–water partition coefficient (Wildman–Crippen LogP) is 1.25. The highest BCUT2D eigenvalue weighted by Crippen LogP contribution is 2.11. The van der Waals surface area contributed by atoms with Crippen molar-refractivity contribution in [2.24, 2.45) is 0 Å². The Morgan fingerprint density at radius 3 is 2.92 bits per heavy atom. The van der Waals surface area contributed by atoms with E-state index in [1.54, 1.807) is 0 Å². The van der Waals surface area contributed by atoms with E-state index in [0.717, 1.165) is 13.1 Å². The molecule has 1 aliphatic rings. The van der Waals surface area contributed by atoms with Crippen molar-refractivity contribution in [3.63, 3.8) is 0 Å². The lowest BCUT2D eigenvalue weighted by Crippen LogP contribution is -2.37. The van der Waals surface area contributed by atoms with E-state index in [2.05, 4.69) is 30.1 Å². The molecule has 0 aromatic heterocycles. The second-order valence-electron chi connectivity index (χ2n) is 3.75. The van der Waals surface area contributed by atoms with Gasteiger partial charge in [-0.2, -0.15) is 0 Å². The molecule has 0 aliphatic carbocycles. The largest absolute Gasteiger partial charge is 0.316 e. The Morgan fingerprint density at radius 2 is 2.33 bits per heavy atom. The van der Waals surface area contributed by atoms with Crippen LogP contribution in [0.25, 0.3) is 0 Å². The Kier molecular flexibility index (Phi) is 3.76. The number of rotatable bonds is 3. The molecule has 0 unspecified atom stereocenters. The number of likely N-dealkylation sites (N-methyl/N-ethyl adjacent to an activating group) is 1. The fourth-order valence-electron chi connectivity index (χ4n) is 1.63. The number of hydrogen-bond acceptors (Lipinski definition) is 2. The second kappa shape index (κ2) is 4.63. The molecule has 2 nitrogen and oxygen atoms in total. The third-order valence-corrected chi connectivity index (χ3v) is 2.39. The number of nitrogens with zero attached hydrogens (tertiary/aromatic N) is 1. The normalized spacial score (nSPS) is 19.8. The Bertz CT molecular complexity index is 161. The first-order valence-corrected chi connectivity index (χ1v) is 4.80. The highest BCUT2D eigenvalue weighted by molar-refractivity contribution is 5.10. The van der Waals surface area contributed by atoms with Gasteiger partial charge in [-0.25, -0.2) is 0 Å². The topological polar surface area (TPSA) is 15.3 Å². The summed E-state index contributed by atoms with van der Waals surface area (Å²) in [4.78, 5) is 2.52. The average Bonchev–Trinajstić information content (AvgIpc) is 2.05. The summed E-state index contributed by atoms with van der Waals surface area (Å²) in [5.74, 6) is 0. The van der Waals surface area contributed by atoms with Gasteiger partial charge < -0.3 is 5.32 Å². The Hall–Kier alpha value is -0.340. The zero-order valence-electron chi connectivity index (χ0n) is 8.43. The molecule has 0 spiro atoms. The number of nitrogens with one attached hydrogen (secondary N) is 1. The highest BCUT2D eigenvalue weighted by Gasteiger charge is 2.13. The SMILES string of the molecule is CNCC1=CCCN(C(C)C)C1. The molecule has 0 fully saturated rings. The van der Waals surface area contributed by atoms with Crippen LogP contribution in [0.3, 0.4) is 0 Å². The standard InChI is InChI=1S/C10H20N2/c1-9(2)12-6-4-5-10(8-12)7-11-3/h5,9,11H,4,6-8H2,1-3H3. The predicted molar refractivity (Wildman–Crippen MR) is 53.3 cm³/mol. The third kappa shape index (κ3) is 2.61. The summed E-state index contributed by atoms with van der Waals surface area (Å²) in [6, 6.07) is 0.686. The lowest BCUT2D eigenvalue weighted by molar-refractivity contribution is 0.234. The van der Waals surface area contributed by atoms with Gasteiger partial charge in [0.25, 0.3) is 0 Å². The maximum atomic E-state index is 3.20. The molecule has 1 aliphatic heterocycles. The van der Waals surface area contributed by atoms with Gasteiger partial charge in [-0.05, 0) is 32.9 Å². The molecule has 0 aromatic rings. The molecular weight excluding hydrogens is 148 g/mol. The average molecular weight is 168 g/mol. The summed E-state index contributed by atoms with van der Waals surface area (Å²) < 4.78 is 0. The summed E-state index contributed by atoms with van der Waals surface area (Å²) in [6.45, 7) is 7.96. The molecule has 0 saturated heterocycles. The first kappa shape index (κ1) is 9.75. The summed E-state index contributed by atoms with van der Waals surface area (Å²) in [6.07, 6.45) is 3.59. The molecule has 0 aromatic carbocycles. The molecule has 0 saturated carbocycles. The fraction of sp³-hybridized carbons (Fsp3) is 0.800. The van der Waals surface area contributed by atoms with Crippen molar-refractivity contribution in [1.29, 1.82) is 0 Å². The van der Waals surface area contributed by atoms with E-state index in [-0.39, 0.29) is 0 Å². The van der Waals surface area contributed by atoms with Crippen molar-refractivity contribution in [2.45, 2.75) is 26.3 Å². The molecule has 1 heterocycles. The van der Waals surface area contributed by atoms with E-state index >= 15 is 0 Å². The summed E-state index contributed by atoms with van der Waals surface area (Å²) >= 11 is 0. The van der Waals surface area contributed by atoms with Crippen molar-refractivity contribution in [3.8, 4) is 0 Å². The van der Waals surface area contributed by atoms with Crippen molar-refractivity contribution in [3.05, 3.63) is 11.6 Å². The first-order valence-electron chi connectivity index (χ1n) is 4.80.